The number of aromatic amines is 1. The van der Waals surface area contributed by atoms with E-state index in [-0.39, 0.29) is 23.5 Å². The molecule has 1 unspecified atom stereocenters. The van der Waals surface area contributed by atoms with Gasteiger partial charge < -0.3 is 19.9 Å². The Morgan fingerprint density at radius 3 is 2.73 bits per heavy atom. The highest BCUT2D eigenvalue weighted by Crippen LogP contribution is 2.39. The van der Waals surface area contributed by atoms with Crippen LogP contribution in [-0.4, -0.2) is 53.0 Å². The van der Waals surface area contributed by atoms with E-state index in [0.717, 1.165) is 57.4 Å². The molecular weight excluding hydrogens is 330 g/mol. The van der Waals surface area contributed by atoms with Crippen molar-refractivity contribution in [2.45, 2.75) is 63.1 Å². The number of ether oxygens (including phenoxy) is 1. The zero-order chi connectivity index (χ0) is 18.0. The third kappa shape index (κ3) is 4.11. The predicted molar refractivity (Wildman–Crippen MR) is 97.5 cm³/mol. The molecule has 1 atom stereocenters. The van der Waals surface area contributed by atoms with Gasteiger partial charge in [0.15, 0.2) is 0 Å². The minimum atomic E-state index is -0.302. The van der Waals surface area contributed by atoms with Gasteiger partial charge in [0.05, 0.1) is 5.60 Å². The third-order valence-corrected chi connectivity index (χ3v) is 6.11. The van der Waals surface area contributed by atoms with Gasteiger partial charge in [-0.1, -0.05) is 0 Å². The quantitative estimate of drug-likeness (QED) is 0.816. The van der Waals surface area contributed by atoms with Crippen molar-refractivity contribution in [3.05, 3.63) is 24.0 Å². The van der Waals surface area contributed by atoms with E-state index in [9.17, 15) is 9.59 Å². The van der Waals surface area contributed by atoms with E-state index >= 15 is 0 Å². The average molecular weight is 359 g/mol. The molecule has 1 aromatic rings. The Kier molecular flexibility index (Phi) is 5.02. The Morgan fingerprint density at radius 2 is 2.04 bits per heavy atom. The summed E-state index contributed by atoms with van der Waals surface area (Å²) in [6.07, 6.45) is 8.78. The molecule has 2 amide bonds. The van der Waals surface area contributed by atoms with E-state index in [2.05, 4.69) is 10.3 Å². The Morgan fingerprint density at radius 1 is 1.23 bits per heavy atom. The van der Waals surface area contributed by atoms with Crippen LogP contribution in [0.5, 0.6) is 0 Å². The molecule has 0 aromatic carbocycles. The van der Waals surface area contributed by atoms with Crippen molar-refractivity contribution in [1.82, 2.24) is 15.2 Å². The molecule has 1 aliphatic carbocycles. The first-order chi connectivity index (χ1) is 12.6. The highest BCUT2D eigenvalue weighted by molar-refractivity contribution is 5.81. The van der Waals surface area contributed by atoms with Crippen molar-refractivity contribution < 1.29 is 14.3 Å². The van der Waals surface area contributed by atoms with Crippen LogP contribution < -0.4 is 5.32 Å². The summed E-state index contributed by atoms with van der Waals surface area (Å²) >= 11 is 0. The molecule has 142 valence electrons. The molecule has 1 aromatic heterocycles. The summed E-state index contributed by atoms with van der Waals surface area (Å²) in [4.78, 5) is 29.8. The summed E-state index contributed by atoms with van der Waals surface area (Å²) in [6, 6.07) is 3.97. The maximum absolute atomic E-state index is 12.4. The second kappa shape index (κ2) is 7.43. The van der Waals surface area contributed by atoms with E-state index in [0.29, 0.717) is 12.3 Å². The van der Waals surface area contributed by atoms with Crippen molar-refractivity contribution in [1.29, 1.82) is 0 Å². The van der Waals surface area contributed by atoms with Gasteiger partial charge in [0, 0.05) is 37.9 Å². The molecule has 1 saturated carbocycles. The Hall–Kier alpha value is -1.82. The van der Waals surface area contributed by atoms with E-state index in [1.54, 1.807) is 0 Å². The fourth-order valence-corrected chi connectivity index (χ4v) is 4.13. The normalized spacial score (nSPS) is 24.8. The summed E-state index contributed by atoms with van der Waals surface area (Å²) in [6.45, 7) is 2.27. The molecule has 1 spiro atoms. The molecule has 2 N–H and O–H groups in total. The molecule has 26 heavy (non-hydrogen) atoms. The Balaban J connectivity index is 1.21. The van der Waals surface area contributed by atoms with Crippen LogP contribution in [0.3, 0.4) is 0 Å². The molecular formula is C20H29N3O3. The molecule has 3 heterocycles. The lowest BCUT2D eigenvalue weighted by molar-refractivity contribution is -0.146. The van der Waals surface area contributed by atoms with E-state index in [1.807, 2.05) is 23.2 Å². The number of nitrogens with zero attached hydrogens (tertiary/aromatic N) is 1. The van der Waals surface area contributed by atoms with Gasteiger partial charge in [0.1, 0.15) is 6.10 Å². The topological polar surface area (TPSA) is 74.4 Å². The number of nitrogens with one attached hydrogen (secondary N) is 2. The lowest BCUT2D eigenvalue weighted by atomic mass is 9.88. The molecule has 3 fully saturated rings. The maximum Gasteiger partial charge on any atom is 0.249 e. The molecule has 0 bridgehead atoms. The first kappa shape index (κ1) is 17.6. The van der Waals surface area contributed by atoms with Gasteiger partial charge in [-0.2, -0.15) is 0 Å². The molecule has 4 rings (SSSR count). The summed E-state index contributed by atoms with van der Waals surface area (Å²) < 4.78 is 6.20. The molecule has 2 aliphatic heterocycles. The second-order valence-electron chi connectivity index (χ2n) is 8.09. The van der Waals surface area contributed by atoms with Crippen molar-refractivity contribution in [3.8, 4) is 0 Å². The molecule has 6 nitrogen and oxygen atoms in total. The number of rotatable bonds is 6. The van der Waals surface area contributed by atoms with E-state index < -0.39 is 0 Å². The fraction of sp³-hybridized carbons (Fsp3) is 0.700. The summed E-state index contributed by atoms with van der Waals surface area (Å²) in [5, 5.41) is 3.03. The number of H-pyrrole nitrogens is 1. The highest BCUT2D eigenvalue weighted by atomic mass is 16.5. The zero-order valence-electron chi connectivity index (χ0n) is 15.3. The summed E-state index contributed by atoms with van der Waals surface area (Å²) in [7, 11) is 0. The zero-order valence-corrected chi connectivity index (χ0v) is 15.3. The molecule has 0 radical (unpaired) electrons. The standard InChI is InChI=1S/C20H29N3O3/c24-18(6-5-16-2-1-11-21-16)23-12-9-20(10-13-23)8-7-17(26-20)19(25)22-14-15-3-4-15/h1-2,11,15,17,21H,3-10,12-14H2,(H,22,25). The number of amides is 2. The van der Waals surface area contributed by atoms with Crippen LogP contribution in [0.15, 0.2) is 18.3 Å². The number of hydrogen-bond donors (Lipinski definition) is 2. The number of piperidine rings is 1. The lowest BCUT2D eigenvalue weighted by Gasteiger charge is -2.39. The van der Waals surface area contributed by atoms with Crippen LogP contribution >= 0.6 is 0 Å². The van der Waals surface area contributed by atoms with Gasteiger partial charge in [-0.3, -0.25) is 9.59 Å². The fourth-order valence-electron chi connectivity index (χ4n) is 4.13. The second-order valence-corrected chi connectivity index (χ2v) is 8.09. The van der Waals surface area contributed by atoms with Gasteiger partial charge >= 0.3 is 0 Å². The number of likely N-dealkylation sites (tertiary alicyclic amines) is 1. The van der Waals surface area contributed by atoms with Crippen LogP contribution in [0.1, 0.15) is 50.6 Å². The van der Waals surface area contributed by atoms with Crippen molar-refractivity contribution in [2.75, 3.05) is 19.6 Å². The smallest absolute Gasteiger partial charge is 0.249 e. The third-order valence-electron chi connectivity index (χ3n) is 6.11. The monoisotopic (exact) mass is 359 g/mol. The van der Waals surface area contributed by atoms with Gasteiger partial charge in [-0.25, -0.2) is 0 Å². The minimum absolute atomic E-state index is 0.0539. The van der Waals surface area contributed by atoms with Gasteiger partial charge in [-0.05, 0) is 63.0 Å². The predicted octanol–water partition coefficient (Wildman–Crippen LogP) is 2.01. The number of carbonyl (C=O) groups is 2. The van der Waals surface area contributed by atoms with Gasteiger partial charge in [-0.15, -0.1) is 0 Å². The SMILES string of the molecule is O=C(NCC1CC1)C1CCC2(CCN(C(=O)CCc3ccc[nH]3)CC2)O1. The average Bonchev–Trinajstić information content (AvgIpc) is 3.16. The van der Waals surface area contributed by atoms with Crippen LogP contribution in [0.4, 0.5) is 0 Å². The van der Waals surface area contributed by atoms with E-state index in [1.165, 1.54) is 12.8 Å². The maximum atomic E-state index is 12.4. The first-order valence-electron chi connectivity index (χ1n) is 9.99. The van der Waals surface area contributed by atoms with Crippen LogP contribution in [0.2, 0.25) is 0 Å². The lowest BCUT2D eigenvalue weighted by Crippen LogP contribution is -2.47. The van der Waals surface area contributed by atoms with Gasteiger partial charge in [0.25, 0.3) is 0 Å². The van der Waals surface area contributed by atoms with Crippen molar-refractivity contribution in [3.63, 3.8) is 0 Å². The summed E-state index contributed by atoms with van der Waals surface area (Å²) in [5.41, 5.74) is 0.906. The molecule has 6 heteroatoms. The van der Waals surface area contributed by atoms with Crippen molar-refractivity contribution >= 4 is 11.8 Å². The van der Waals surface area contributed by atoms with Crippen LogP contribution in [0.25, 0.3) is 0 Å². The van der Waals surface area contributed by atoms with Gasteiger partial charge in [0.2, 0.25) is 11.8 Å². The Bertz CT molecular complexity index is 631. The molecule has 3 aliphatic rings. The van der Waals surface area contributed by atoms with Crippen LogP contribution in [0, 0.1) is 5.92 Å². The minimum Gasteiger partial charge on any atom is -0.365 e. The van der Waals surface area contributed by atoms with Crippen molar-refractivity contribution in [2.24, 2.45) is 5.92 Å². The van der Waals surface area contributed by atoms with E-state index in [4.69, 9.17) is 4.74 Å². The highest BCUT2D eigenvalue weighted by Gasteiger charge is 2.45. The first-order valence-corrected chi connectivity index (χ1v) is 9.99. The Labute approximate surface area is 154 Å². The molecule has 2 saturated heterocycles. The number of carbonyl (C=O) groups excluding carboxylic acids is 2. The number of aromatic nitrogens is 1. The number of aryl methyl sites for hydroxylation is 1. The number of hydrogen-bond acceptors (Lipinski definition) is 3. The van der Waals surface area contributed by atoms with Crippen LogP contribution in [-0.2, 0) is 20.7 Å². The largest absolute Gasteiger partial charge is 0.365 e. The summed E-state index contributed by atoms with van der Waals surface area (Å²) in [5.74, 6) is 0.957.